The zero-order valence-electron chi connectivity index (χ0n) is 12.9. The number of hydrogen-bond donors (Lipinski definition) is 2. The smallest absolute Gasteiger partial charge is 0.127 e. The van der Waals surface area contributed by atoms with Crippen LogP contribution in [0, 0.1) is 5.82 Å². The molecule has 0 aliphatic carbocycles. The minimum atomic E-state index is -0.274. The molecule has 0 saturated carbocycles. The van der Waals surface area contributed by atoms with Crippen LogP contribution in [-0.2, 0) is 6.54 Å². The van der Waals surface area contributed by atoms with E-state index in [9.17, 15) is 4.39 Å². The quantitative estimate of drug-likeness (QED) is 0.528. The lowest BCUT2D eigenvalue weighted by molar-refractivity contribution is 0.304. The van der Waals surface area contributed by atoms with Crippen molar-refractivity contribution < 1.29 is 9.13 Å². The van der Waals surface area contributed by atoms with E-state index in [-0.39, 0.29) is 5.82 Å². The highest BCUT2D eigenvalue weighted by molar-refractivity contribution is 5.41. The lowest BCUT2D eigenvalue weighted by Crippen LogP contribution is -2.20. The molecule has 0 fully saturated rings. The van der Waals surface area contributed by atoms with E-state index in [4.69, 9.17) is 4.74 Å². The Balaban J connectivity index is 1.83. The summed E-state index contributed by atoms with van der Waals surface area (Å²) in [4.78, 5) is 0. The number of para-hydroxylation sites is 1. The maximum Gasteiger partial charge on any atom is 0.127 e. The van der Waals surface area contributed by atoms with Crippen LogP contribution in [0.5, 0.6) is 5.75 Å². The summed E-state index contributed by atoms with van der Waals surface area (Å²) in [6, 6.07) is 14.6. The van der Waals surface area contributed by atoms with E-state index >= 15 is 0 Å². The van der Waals surface area contributed by atoms with E-state index < -0.39 is 0 Å². The first-order valence-electron chi connectivity index (χ1n) is 7.74. The van der Waals surface area contributed by atoms with Crippen molar-refractivity contribution >= 4 is 5.69 Å². The summed E-state index contributed by atoms with van der Waals surface area (Å²) >= 11 is 0. The summed E-state index contributed by atoms with van der Waals surface area (Å²) in [5, 5.41) is 0. The van der Waals surface area contributed by atoms with Crippen molar-refractivity contribution in [1.29, 1.82) is 0 Å². The monoisotopic (exact) mass is 302 g/mol. The molecule has 3 nitrogen and oxygen atoms in total. The molecule has 0 saturated heterocycles. The van der Waals surface area contributed by atoms with Crippen LogP contribution in [0.4, 0.5) is 10.1 Å². The second kappa shape index (κ2) is 9.05. The number of halogens is 1. The van der Waals surface area contributed by atoms with Gasteiger partial charge in [0.25, 0.3) is 0 Å². The van der Waals surface area contributed by atoms with Crippen LogP contribution < -0.4 is 15.6 Å². The Bertz CT molecular complexity index is 560. The summed E-state index contributed by atoms with van der Waals surface area (Å²) in [6.07, 6.45) is 3.27. The van der Waals surface area contributed by atoms with Gasteiger partial charge in [-0.25, -0.2) is 9.82 Å². The zero-order valence-corrected chi connectivity index (χ0v) is 12.9. The molecule has 0 spiro atoms. The topological polar surface area (TPSA) is 33.3 Å². The molecule has 2 rings (SSSR count). The average Bonchev–Trinajstić information content (AvgIpc) is 2.52. The number of anilines is 1. The lowest BCUT2D eigenvalue weighted by Gasteiger charge is -2.11. The van der Waals surface area contributed by atoms with Crippen molar-refractivity contribution in [2.75, 3.05) is 12.0 Å². The molecule has 0 amide bonds. The number of benzene rings is 2. The van der Waals surface area contributed by atoms with Gasteiger partial charge in [-0.2, -0.15) is 0 Å². The molecule has 2 aromatic rings. The van der Waals surface area contributed by atoms with Gasteiger partial charge in [-0.1, -0.05) is 38.0 Å². The SMILES string of the molecule is CCCCCOc1cc(F)cc(CNNc2ccccc2)c1. The molecule has 4 heteroatoms. The maximum atomic E-state index is 13.6. The van der Waals surface area contributed by atoms with Crippen LogP contribution in [0.3, 0.4) is 0 Å². The van der Waals surface area contributed by atoms with Crippen LogP contribution in [0.25, 0.3) is 0 Å². The minimum Gasteiger partial charge on any atom is -0.493 e. The predicted octanol–water partition coefficient (Wildman–Crippen LogP) is 4.51. The van der Waals surface area contributed by atoms with E-state index in [1.165, 1.54) is 12.1 Å². The zero-order chi connectivity index (χ0) is 15.6. The molecule has 0 radical (unpaired) electrons. The van der Waals surface area contributed by atoms with Gasteiger partial charge < -0.3 is 10.2 Å². The number of rotatable bonds is 9. The molecule has 22 heavy (non-hydrogen) atoms. The normalized spacial score (nSPS) is 10.5. The van der Waals surface area contributed by atoms with Crippen LogP contribution in [0.15, 0.2) is 48.5 Å². The van der Waals surface area contributed by atoms with Gasteiger partial charge in [-0.05, 0) is 36.2 Å². The fourth-order valence-corrected chi connectivity index (χ4v) is 2.12. The Labute approximate surface area is 131 Å². The first kappa shape index (κ1) is 16.3. The Morgan fingerprint density at radius 3 is 2.64 bits per heavy atom. The molecular weight excluding hydrogens is 279 g/mol. The molecule has 0 heterocycles. The van der Waals surface area contributed by atoms with Gasteiger partial charge in [0, 0.05) is 18.3 Å². The number of unbranched alkanes of at least 4 members (excludes halogenated alkanes) is 2. The van der Waals surface area contributed by atoms with Gasteiger partial charge in [-0.3, -0.25) is 0 Å². The van der Waals surface area contributed by atoms with Gasteiger partial charge >= 0.3 is 0 Å². The largest absolute Gasteiger partial charge is 0.493 e. The minimum absolute atomic E-state index is 0.274. The summed E-state index contributed by atoms with van der Waals surface area (Å²) in [6.45, 7) is 3.29. The summed E-state index contributed by atoms with van der Waals surface area (Å²) in [7, 11) is 0. The van der Waals surface area contributed by atoms with Gasteiger partial charge in [0.2, 0.25) is 0 Å². The highest BCUT2D eigenvalue weighted by Gasteiger charge is 2.02. The summed E-state index contributed by atoms with van der Waals surface area (Å²) < 4.78 is 19.2. The van der Waals surface area contributed by atoms with Crippen LogP contribution in [-0.4, -0.2) is 6.61 Å². The van der Waals surface area contributed by atoms with Gasteiger partial charge in [0.05, 0.1) is 6.61 Å². The molecule has 2 aromatic carbocycles. The van der Waals surface area contributed by atoms with Crippen molar-refractivity contribution in [2.45, 2.75) is 32.7 Å². The van der Waals surface area contributed by atoms with Gasteiger partial charge in [-0.15, -0.1) is 0 Å². The van der Waals surface area contributed by atoms with E-state index in [0.717, 1.165) is 30.5 Å². The number of nitrogens with one attached hydrogen (secondary N) is 2. The fourth-order valence-electron chi connectivity index (χ4n) is 2.12. The Kier molecular flexibility index (Phi) is 6.71. The first-order valence-corrected chi connectivity index (χ1v) is 7.74. The molecular formula is C18H23FN2O. The second-order valence-corrected chi connectivity index (χ2v) is 5.20. The highest BCUT2D eigenvalue weighted by atomic mass is 19.1. The fraction of sp³-hybridized carbons (Fsp3) is 0.333. The average molecular weight is 302 g/mol. The third-order valence-electron chi connectivity index (χ3n) is 3.25. The molecule has 118 valence electrons. The van der Waals surface area contributed by atoms with Crippen LogP contribution in [0.1, 0.15) is 31.7 Å². The van der Waals surface area contributed by atoms with Gasteiger partial charge in [0.15, 0.2) is 0 Å². The van der Waals surface area contributed by atoms with Crippen molar-refractivity contribution in [2.24, 2.45) is 0 Å². The number of hydrogen-bond acceptors (Lipinski definition) is 3. The molecule has 0 aliphatic rings. The van der Waals surface area contributed by atoms with Crippen LogP contribution >= 0.6 is 0 Å². The highest BCUT2D eigenvalue weighted by Crippen LogP contribution is 2.17. The molecule has 0 bridgehead atoms. The molecule has 0 atom stereocenters. The van der Waals surface area contributed by atoms with E-state index in [1.807, 2.05) is 36.4 Å². The Morgan fingerprint density at radius 2 is 1.86 bits per heavy atom. The second-order valence-electron chi connectivity index (χ2n) is 5.20. The lowest BCUT2D eigenvalue weighted by atomic mass is 10.2. The maximum absolute atomic E-state index is 13.6. The molecule has 2 N–H and O–H groups in total. The summed E-state index contributed by atoms with van der Waals surface area (Å²) in [5.41, 5.74) is 7.96. The molecule has 0 aromatic heterocycles. The van der Waals surface area contributed by atoms with Crippen molar-refractivity contribution in [3.63, 3.8) is 0 Å². The molecule has 0 aliphatic heterocycles. The Morgan fingerprint density at radius 1 is 1.05 bits per heavy atom. The summed E-state index contributed by atoms with van der Waals surface area (Å²) in [5.74, 6) is 0.317. The van der Waals surface area contributed by atoms with Crippen molar-refractivity contribution in [1.82, 2.24) is 5.43 Å². The molecule has 0 unspecified atom stereocenters. The Hall–Kier alpha value is -2.07. The van der Waals surface area contributed by atoms with E-state index in [0.29, 0.717) is 18.9 Å². The van der Waals surface area contributed by atoms with E-state index in [2.05, 4.69) is 17.8 Å². The first-order chi connectivity index (χ1) is 10.8. The van der Waals surface area contributed by atoms with Crippen LogP contribution in [0.2, 0.25) is 0 Å². The van der Waals surface area contributed by atoms with E-state index in [1.54, 1.807) is 0 Å². The van der Waals surface area contributed by atoms with Crippen molar-refractivity contribution in [3.8, 4) is 5.75 Å². The standard InChI is InChI=1S/C18H23FN2O/c1-2-3-7-10-22-18-12-15(11-16(19)13-18)14-20-21-17-8-5-4-6-9-17/h4-6,8-9,11-13,20-21H,2-3,7,10,14H2,1H3. The number of hydrazine groups is 1. The predicted molar refractivity (Wildman–Crippen MR) is 88.3 cm³/mol. The number of ether oxygens (including phenoxy) is 1. The van der Waals surface area contributed by atoms with Gasteiger partial charge in [0.1, 0.15) is 11.6 Å². The third kappa shape index (κ3) is 5.74. The van der Waals surface area contributed by atoms with Crippen molar-refractivity contribution in [3.05, 3.63) is 59.9 Å². The third-order valence-corrected chi connectivity index (χ3v) is 3.25.